The van der Waals surface area contributed by atoms with Gasteiger partial charge in [-0.25, -0.2) is 0 Å². The van der Waals surface area contributed by atoms with Gasteiger partial charge in [0.05, 0.1) is 0 Å². The van der Waals surface area contributed by atoms with E-state index in [4.69, 9.17) is 4.74 Å². The molecule has 0 aromatic heterocycles. The Labute approximate surface area is 213 Å². The van der Waals surface area contributed by atoms with Gasteiger partial charge >= 0.3 is 5.97 Å². The van der Waals surface area contributed by atoms with Gasteiger partial charge in [0, 0.05) is 12.8 Å². The van der Waals surface area contributed by atoms with Crippen molar-refractivity contribution in [3.8, 4) is 0 Å². The average molecular weight is 481 g/mol. The SMILES string of the molecule is CCCCCCCCCCCCCCCCCC(=O)OC(CC=O)CCCCCCCCCC. The third-order valence-electron chi connectivity index (χ3n) is 7.02. The van der Waals surface area contributed by atoms with Gasteiger partial charge in [-0.2, -0.15) is 0 Å². The molecule has 1 atom stereocenters. The molecule has 0 fully saturated rings. The van der Waals surface area contributed by atoms with Crippen molar-refractivity contribution in [1.29, 1.82) is 0 Å². The lowest BCUT2D eigenvalue weighted by atomic mass is 10.0. The summed E-state index contributed by atoms with van der Waals surface area (Å²) in [6.45, 7) is 4.52. The van der Waals surface area contributed by atoms with Crippen LogP contribution in [0.25, 0.3) is 0 Å². The molecule has 202 valence electrons. The van der Waals surface area contributed by atoms with Gasteiger partial charge < -0.3 is 9.53 Å². The van der Waals surface area contributed by atoms with E-state index in [1.807, 2.05) is 0 Å². The topological polar surface area (TPSA) is 43.4 Å². The fraction of sp³-hybridized carbons (Fsp3) is 0.935. The Balaban J connectivity index is 3.50. The molecule has 0 amide bonds. The normalized spacial score (nSPS) is 12.1. The van der Waals surface area contributed by atoms with Crippen molar-refractivity contribution in [3.63, 3.8) is 0 Å². The third kappa shape index (κ3) is 25.8. The van der Waals surface area contributed by atoms with Gasteiger partial charge in [0.2, 0.25) is 0 Å². The molecule has 1 unspecified atom stereocenters. The van der Waals surface area contributed by atoms with Gasteiger partial charge in [-0.15, -0.1) is 0 Å². The second-order valence-corrected chi connectivity index (χ2v) is 10.5. The van der Waals surface area contributed by atoms with Crippen LogP contribution < -0.4 is 0 Å². The molecule has 0 rings (SSSR count). The molecule has 0 saturated carbocycles. The molecular weight excluding hydrogens is 420 g/mol. The monoisotopic (exact) mass is 480 g/mol. The van der Waals surface area contributed by atoms with E-state index in [1.54, 1.807) is 0 Å². The molecule has 0 aliphatic rings. The molecule has 0 radical (unpaired) electrons. The molecule has 34 heavy (non-hydrogen) atoms. The van der Waals surface area contributed by atoms with E-state index in [0.29, 0.717) is 12.8 Å². The third-order valence-corrected chi connectivity index (χ3v) is 7.02. The van der Waals surface area contributed by atoms with Gasteiger partial charge in [-0.3, -0.25) is 4.79 Å². The van der Waals surface area contributed by atoms with E-state index >= 15 is 0 Å². The predicted molar refractivity (Wildman–Crippen MR) is 147 cm³/mol. The summed E-state index contributed by atoms with van der Waals surface area (Å²) in [4.78, 5) is 23.1. The highest BCUT2D eigenvalue weighted by Gasteiger charge is 2.13. The number of carbonyl (C=O) groups excluding carboxylic acids is 2. The van der Waals surface area contributed by atoms with Crippen molar-refractivity contribution in [2.45, 2.75) is 187 Å². The van der Waals surface area contributed by atoms with Crippen LogP contribution in [0.1, 0.15) is 181 Å². The Bertz CT molecular complexity index is 421. The molecular formula is C31H60O3. The first-order valence-corrected chi connectivity index (χ1v) is 15.4. The highest BCUT2D eigenvalue weighted by atomic mass is 16.5. The van der Waals surface area contributed by atoms with Crippen molar-refractivity contribution in [3.05, 3.63) is 0 Å². The summed E-state index contributed by atoms with van der Waals surface area (Å²) < 4.78 is 5.60. The standard InChI is InChI=1S/C31H60O3/c1-3-5-7-9-11-13-14-15-16-17-18-19-21-23-25-27-31(33)34-30(28-29-32)26-24-22-20-12-10-8-6-4-2/h29-30H,3-28H2,1-2H3. The summed E-state index contributed by atoms with van der Waals surface area (Å²) in [6, 6.07) is 0. The van der Waals surface area contributed by atoms with Gasteiger partial charge in [-0.05, 0) is 19.3 Å². The number of aldehydes is 1. The first-order valence-electron chi connectivity index (χ1n) is 15.4. The maximum absolute atomic E-state index is 12.2. The minimum atomic E-state index is -0.207. The van der Waals surface area contributed by atoms with Gasteiger partial charge in [-0.1, -0.05) is 149 Å². The van der Waals surface area contributed by atoms with Crippen LogP contribution >= 0.6 is 0 Å². The van der Waals surface area contributed by atoms with Gasteiger partial charge in [0.15, 0.2) is 0 Å². The van der Waals surface area contributed by atoms with Crippen LogP contribution in [0.5, 0.6) is 0 Å². The van der Waals surface area contributed by atoms with Gasteiger partial charge in [0.25, 0.3) is 0 Å². The molecule has 3 nitrogen and oxygen atoms in total. The summed E-state index contributed by atoms with van der Waals surface area (Å²) >= 11 is 0. The lowest BCUT2D eigenvalue weighted by Crippen LogP contribution is -2.18. The average Bonchev–Trinajstić information content (AvgIpc) is 2.83. The number of esters is 1. The molecule has 0 aliphatic heterocycles. The van der Waals surface area contributed by atoms with E-state index in [1.165, 1.54) is 128 Å². The Morgan fingerprint density at radius 1 is 0.559 bits per heavy atom. The number of hydrogen-bond donors (Lipinski definition) is 0. The lowest BCUT2D eigenvalue weighted by Gasteiger charge is -2.15. The van der Waals surface area contributed by atoms with Gasteiger partial charge in [0.1, 0.15) is 12.4 Å². The smallest absolute Gasteiger partial charge is 0.306 e. The van der Waals surface area contributed by atoms with Crippen molar-refractivity contribution >= 4 is 12.3 Å². The van der Waals surface area contributed by atoms with Crippen LogP contribution in [-0.4, -0.2) is 18.4 Å². The molecule has 0 N–H and O–H groups in total. The maximum atomic E-state index is 12.2. The van der Waals surface area contributed by atoms with Crippen LogP contribution in [0.2, 0.25) is 0 Å². The van der Waals surface area contributed by atoms with Crippen molar-refractivity contribution in [2.24, 2.45) is 0 Å². The Morgan fingerprint density at radius 3 is 1.29 bits per heavy atom. The van der Waals surface area contributed by atoms with Crippen LogP contribution in [0.15, 0.2) is 0 Å². The number of carbonyl (C=O) groups is 2. The molecule has 0 bridgehead atoms. The highest BCUT2D eigenvalue weighted by Crippen LogP contribution is 2.16. The fourth-order valence-corrected chi connectivity index (χ4v) is 4.72. The Morgan fingerprint density at radius 2 is 0.912 bits per heavy atom. The maximum Gasteiger partial charge on any atom is 0.306 e. The van der Waals surface area contributed by atoms with Crippen LogP contribution in [0, 0.1) is 0 Å². The zero-order valence-corrected chi connectivity index (χ0v) is 23.3. The molecule has 0 aromatic rings. The minimum absolute atomic E-state index is 0.110. The molecule has 0 heterocycles. The second kappa shape index (κ2) is 28.4. The number of ether oxygens (including phenoxy) is 1. The van der Waals surface area contributed by atoms with Crippen molar-refractivity contribution in [1.82, 2.24) is 0 Å². The predicted octanol–water partition coefficient (Wildman–Crippen LogP) is 10.3. The van der Waals surface area contributed by atoms with Crippen LogP contribution in [0.4, 0.5) is 0 Å². The molecule has 0 saturated heterocycles. The lowest BCUT2D eigenvalue weighted by molar-refractivity contribution is -0.150. The number of hydrogen-bond acceptors (Lipinski definition) is 3. The first-order chi connectivity index (χ1) is 16.7. The largest absolute Gasteiger partial charge is 0.462 e. The van der Waals surface area contributed by atoms with E-state index in [-0.39, 0.29) is 12.1 Å². The number of rotatable bonds is 28. The van der Waals surface area contributed by atoms with Crippen LogP contribution in [0.3, 0.4) is 0 Å². The molecule has 3 heteroatoms. The molecule has 0 aromatic carbocycles. The first kappa shape index (κ1) is 33.1. The number of unbranched alkanes of at least 4 members (excludes halogenated alkanes) is 21. The summed E-state index contributed by atoms with van der Waals surface area (Å²) in [5.74, 6) is -0.110. The molecule has 0 spiro atoms. The second-order valence-electron chi connectivity index (χ2n) is 10.5. The van der Waals surface area contributed by atoms with Crippen LogP contribution in [-0.2, 0) is 14.3 Å². The minimum Gasteiger partial charge on any atom is -0.462 e. The summed E-state index contributed by atoms with van der Waals surface area (Å²) in [6.07, 6.45) is 32.4. The zero-order valence-electron chi connectivity index (χ0n) is 23.3. The van der Waals surface area contributed by atoms with E-state index in [0.717, 1.165) is 32.0 Å². The fourth-order valence-electron chi connectivity index (χ4n) is 4.72. The Kier molecular flexibility index (Phi) is 27.7. The van der Waals surface area contributed by atoms with E-state index in [9.17, 15) is 9.59 Å². The Hall–Kier alpha value is -0.860. The van der Waals surface area contributed by atoms with E-state index in [2.05, 4.69) is 13.8 Å². The highest BCUT2D eigenvalue weighted by molar-refractivity contribution is 5.69. The van der Waals surface area contributed by atoms with Crippen molar-refractivity contribution in [2.75, 3.05) is 0 Å². The van der Waals surface area contributed by atoms with E-state index < -0.39 is 0 Å². The summed E-state index contributed by atoms with van der Waals surface area (Å²) in [7, 11) is 0. The van der Waals surface area contributed by atoms with Crippen molar-refractivity contribution < 1.29 is 14.3 Å². The zero-order chi connectivity index (χ0) is 25.0. The summed E-state index contributed by atoms with van der Waals surface area (Å²) in [5.41, 5.74) is 0. The quantitative estimate of drug-likeness (QED) is 0.0635. The molecule has 0 aliphatic carbocycles. The summed E-state index contributed by atoms with van der Waals surface area (Å²) in [5, 5.41) is 0.